The molecule has 2 heterocycles. The molecular weight excluding hydrogens is 337 g/mol. The standard InChI is InChI=1S/C16H13F3N4S/c17-16(18,19)13-6-7-21-15(22-13)24-11-14-20-8-9-23(14)10-12-4-2-1-3-5-12/h1-9H,10-11H2. The minimum Gasteiger partial charge on any atom is -0.330 e. The molecule has 0 saturated carbocycles. The van der Waals surface area contributed by atoms with Gasteiger partial charge >= 0.3 is 6.18 Å². The number of hydrogen-bond donors (Lipinski definition) is 0. The minimum atomic E-state index is -4.47. The number of benzene rings is 1. The lowest BCUT2D eigenvalue weighted by atomic mass is 10.2. The van der Waals surface area contributed by atoms with Crippen LogP contribution in [0.1, 0.15) is 17.1 Å². The predicted molar refractivity (Wildman–Crippen MR) is 84.4 cm³/mol. The van der Waals surface area contributed by atoms with Crippen molar-refractivity contribution in [2.75, 3.05) is 0 Å². The van der Waals surface area contributed by atoms with Crippen molar-refractivity contribution in [3.8, 4) is 0 Å². The number of imidazole rings is 1. The molecule has 0 radical (unpaired) electrons. The fraction of sp³-hybridized carbons (Fsp3) is 0.188. The number of halogens is 3. The summed E-state index contributed by atoms with van der Waals surface area (Å²) in [6, 6.07) is 10.7. The van der Waals surface area contributed by atoms with E-state index in [0.717, 1.165) is 35.4 Å². The van der Waals surface area contributed by atoms with Gasteiger partial charge in [0, 0.05) is 25.1 Å². The average Bonchev–Trinajstić information content (AvgIpc) is 3.00. The molecule has 4 nitrogen and oxygen atoms in total. The molecule has 0 amide bonds. The van der Waals surface area contributed by atoms with Gasteiger partial charge in [0.1, 0.15) is 11.5 Å². The Labute approximate surface area is 140 Å². The summed E-state index contributed by atoms with van der Waals surface area (Å²) in [5, 5.41) is 0.0825. The van der Waals surface area contributed by atoms with Gasteiger partial charge in [0.25, 0.3) is 0 Å². The summed E-state index contributed by atoms with van der Waals surface area (Å²) >= 11 is 1.13. The van der Waals surface area contributed by atoms with Crippen LogP contribution in [-0.2, 0) is 18.5 Å². The van der Waals surface area contributed by atoms with Crippen LogP contribution >= 0.6 is 11.8 Å². The molecule has 124 valence electrons. The lowest BCUT2D eigenvalue weighted by molar-refractivity contribution is -0.141. The monoisotopic (exact) mass is 350 g/mol. The molecule has 0 spiro atoms. The van der Waals surface area contributed by atoms with Crippen LogP contribution in [0, 0.1) is 0 Å². The Morgan fingerprint density at radius 3 is 2.54 bits per heavy atom. The summed E-state index contributed by atoms with van der Waals surface area (Å²) in [4.78, 5) is 11.7. The van der Waals surface area contributed by atoms with Gasteiger partial charge in [0.2, 0.25) is 0 Å². The van der Waals surface area contributed by atoms with Gasteiger partial charge in [-0.2, -0.15) is 13.2 Å². The van der Waals surface area contributed by atoms with E-state index in [9.17, 15) is 13.2 Å². The van der Waals surface area contributed by atoms with Crippen molar-refractivity contribution in [1.29, 1.82) is 0 Å². The van der Waals surface area contributed by atoms with Crippen molar-refractivity contribution < 1.29 is 13.2 Å². The zero-order valence-corrected chi connectivity index (χ0v) is 13.3. The lowest BCUT2D eigenvalue weighted by Crippen LogP contribution is -2.09. The van der Waals surface area contributed by atoms with E-state index in [4.69, 9.17) is 0 Å². The first-order valence-corrected chi connectivity index (χ1v) is 8.08. The Bertz CT molecular complexity index is 802. The molecule has 0 aliphatic carbocycles. The highest BCUT2D eigenvalue weighted by atomic mass is 32.2. The second-order valence-corrected chi connectivity index (χ2v) is 5.91. The zero-order valence-electron chi connectivity index (χ0n) is 12.4. The summed E-state index contributed by atoms with van der Waals surface area (Å²) in [6.45, 7) is 0.653. The zero-order chi connectivity index (χ0) is 17.0. The smallest absolute Gasteiger partial charge is 0.330 e. The van der Waals surface area contributed by atoms with Crippen LogP contribution in [0.3, 0.4) is 0 Å². The van der Waals surface area contributed by atoms with Gasteiger partial charge in [0.15, 0.2) is 5.16 Å². The fourth-order valence-corrected chi connectivity index (χ4v) is 2.90. The van der Waals surface area contributed by atoms with Crippen LogP contribution in [0.2, 0.25) is 0 Å². The second-order valence-electron chi connectivity index (χ2n) is 4.97. The maximum atomic E-state index is 12.7. The third-order valence-electron chi connectivity index (χ3n) is 3.25. The number of nitrogens with zero attached hydrogens (tertiary/aromatic N) is 4. The highest BCUT2D eigenvalue weighted by molar-refractivity contribution is 7.98. The molecule has 0 aliphatic heterocycles. The Morgan fingerprint density at radius 2 is 1.79 bits per heavy atom. The van der Waals surface area contributed by atoms with Gasteiger partial charge in [0.05, 0.1) is 5.75 Å². The van der Waals surface area contributed by atoms with Crippen molar-refractivity contribution in [2.45, 2.75) is 23.6 Å². The van der Waals surface area contributed by atoms with E-state index < -0.39 is 11.9 Å². The van der Waals surface area contributed by atoms with Crippen molar-refractivity contribution in [3.05, 3.63) is 72.1 Å². The van der Waals surface area contributed by atoms with Crippen LogP contribution < -0.4 is 0 Å². The van der Waals surface area contributed by atoms with Crippen LogP contribution in [-0.4, -0.2) is 19.5 Å². The van der Waals surface area contributed by atoms with E-state index in [1.807, 2.05) is 41.1 Å². The Hall–Kier alpha value is -2.35. The van der Waals surface area contributed by atoms with Crippen LogP contribution in [0.25, 0.3) is 0 Å². The first-order valence-electron chi connectivity index (χ1n) is 7.09. The van der Waals surface area contributed by atoms with Gasteiger partial charge in [-0.25, -0.2) is 15.0 Å². The molecule has 8 heteroatoms. The number of aromatic nitrogens is 4. The minimum absolute atomic E-state index is 0.0825. The van der Waals surface area contributed by atoms with Crippen molar-refractivity contribution in [3.63, 3.8) is 0 Å². The molecule has 0 aliphatic rings. The molecule has 0 bridgehead atoms. The summed E-state index contributed by atoms with van der Waals surface area (Å²) in [5.74, 6) is 1.14. The summed E-state index contributed by atoms with van der Waals surface area (Å²) < 4.78 is 40.0. The highest BCUT2D eigenvalue weighted by Gasteiger charge is 2.32. The summed E-state index contributed by atoms with van der Waals surface area (Å²) in [7, 11) is 0. The number of hydrogen-bond acceptors (Lipinski definition) is 4. The van der Waals surface area contributed by atoms with Gasteiger partial charge in [-0.05, 0) is 11.6 Å². The SMILES string of the molecule is FC(F)(F)c1ccnc(SCc2nccn2Cc2ccccc2)n1. The van der Waals surface area contributed by atoms with Crippen LogP contribution in [0.5, 0.6) is 0 Å². The van der Waals surface area contributed by atoms with Gasteiger partial charge in [-0.15, -0.1) is 0 Å². The van der Waals surface area contributed by atoms with Gasteiger partial charge < -0.3 is 4.57 Å². The molecule has 0 saturated heterocycles. The van der Waals surface area contributed by atoms with E-state index >= 15 is 0 Å². The summed E-state index contributed by atoms with van der Waals surface area (Å²) in [6.07, 6.45) is 0.167. The topological polar surface area (TPSA) is 43.6 Å². The third kappa shape index (κ3) is 4.14. The molecule has 0 N–H and O–H groups in total. The number of alkyl halides is 3. The Morgan fingerprint density at radius 1 is 1.00 bits per heavy atom. The van der Waals surface area contributed by atoms with Crippen LogP contribution in [0.15, 0.2) is 60.1 Å². The molecule has 24 heavy (non-hydrogen) atoms. The first kappa shape index (κ1) is 16.5. The number of thioether (sulfide) groups is 1. The van der Waals surface area contributed by atoms with E-state index in [1.165, 1.54) is 0 Å². The number of rotatable bonds is 5. The van der Waals surface area contributed by atoms with Crippen LogP contribution in [0.4, 0.5) is 13.2 Å². The molecule has 0 fully saturated rings. The Kier molecular flexibility index (Phi) is 4.84. The third-order valence-corrected chi connectivity index (χ3v) is 4.11. The quantitative estimate of drug-likeness (QED) is 0.515. The van der Waals surface area contributed by atoms with E-state index in [-0.39, 0.29) is 5.16 Å². The van der Waals surface area contributed by atoms with E-state index in [0.29, 0.717) is 12.3 Å². The largest absolute Gasteiger partial charge is 0.433 e. The summed E-state index contributed by atoms with van der Waals surface area (Å²) in [5.41, 5.74) is 0.185. The second kappa shape index (κ2) is 7.04. The van der Waals surface area contributed by atoms with Crippen molar-refractivity contribution in [1.82, 2.24) is 19.5 Å². The predicted octanol–water partition coefficient (Wildman–Crippen LogP) is 4.03. The normalized spacial score (nSPS) is 11.6. The molecule has 0 atom stereocenters. The van der Waals surface area contributed by atoms with E-state index in [2.05, 4.69) is 15.0 Å². The van der Waals surface area contributed by atoms with Gasteiger partial charge in [-0.1, -0.05) is 42.1 Å². The first-order chi connectivity index (χ1) is 11.5. The highest BCUT2D eigenvalue weighted by Crippen LogP contribution is 2.29. The molecule has 2 aromatic heterocycles. The van der Waals surface area contributed by atoms with E-state index in [1.54, 1.807) is 6.20 Å². The molecular formula is C16H13F3N4S. The van der Waals surface area contributed by atoms with Crippen molar-refractivity contribution in [2.24, 2.45) is 0 Å². The fourth-order valence-electron chi connectivity index (χ4n) is 2.10. The lowest BCUT2D eigenvalue weighted by Gasteiger charge is -2.08. The van der Waals surface area contributed by atoms with Crippen molar-refractivity contribution >= 4 is 11.8 Å². The maximum Gasteiger partial charge on any atom is 0.433 e. The molecule has 0 unspecified atom stereocenters. The Balaban J connectivity index is 1.69. The molecule has 3 rings (SSSR count). The maximum absolute atomic E-state index is 12.7. The molecule has 3 aromatic rings. The van der Waals surface area contributed by atoms with Gasteiger partial charge in [-0.3, -0.25) is 0 Å². The molecule has 1 aromatic carbocycles. The average molecular weight is 350 g/mol.